The molecule has 1 aromatic carbocycles. The summed E-state index contributed by atoms with van der Waals surface area (Å²) in [7, 11) is -3.86. The lowest BCUT2D eigenvalue weighted by atomic mass is 10.2. The predicted molar refractivity (Wildman–Crippen MR) is 73.7 cm³/mol. The first-order chi connectivity index (χ1) is 8.84. The number of hydrogen-bond donors (Lipinski definition) is 1. The molecule has 19 heavy (non-hydrogen) atoms. The van der Waals surface area contributed by atoms with Crippen LogP contribution in [0.1, 0.15) is 12.8 Å². The maximum atomic E-state index is 12.5. The van der Waals surface area contributed by atoms with Crippen LogP contribution in [0.2, 0.25) is 5.02 Å². The standard InChI is InChI=1S/C11H11BrClNO4S/c12-8-4-3-7(13)6-10(8)19(17,18)14-5-1-2-9(14)11(15)16/h3-4,6,9H,1-2,5H2,(H,15,16). The quantitative estimate of drug-likeness (QED) is 0.888. The van der Waals surface area contributed by atoms with Gasteiger partial charge in [0.05, 0.1) is 4.90 Å². The first kappa shape index (κ1) is 14.8. The van der Waals surface area contributed by atoms with Gasteiger partial charge in [-0.2, -0.15) is 4.31 Å². The Balaban J connectivity index is 2.48. The van der Waals surface area contributed by atoms with Gasteiger partial charge in [-0.3, -0.25) is 4.79 Å². The zero-order valence-corrected chi connectivity index (χ0v) is 12.9. The maximum Gasteiger partial charge on any atom is 0.322 e. The molecule has 0 radical (unpaired) electrons. The van der Waals surface area contributed by atoms with Crippen molar-refractivity contribution >= 4 is 43.5 Å². The van der Waals surface area contributed by atoms with E-state index in [-0.39, 0.29) is 16.5 Å². The maximum absolute atomic E-state index is 12.5. The second-order valence-corrected chi connectivity index (χ2v) is 7.34. The van der Waals surface area contributed by atoms with Gasteiger partial charge in [0.15, 0.2) is 0 Å². The summed E-state index contributed by atoms with van der Waals surface area (Å²) < 4.78 is 26.4. The molecule has 0 saturated carbocycles. The molecule has 104 valence electrons. The molecule has 2 rings (SSSR count). The van der Waals surface area contributed by atoms with E-state index in [0.717, 1.165) is 4.31 Å². The van der Waals surface area contributed by atoms with Crippen LogP contribution in [-0.2, 0) is 14.8 Å². The third-order valence-electron chi connectivity index (χ3n) is 2.97. The van der Waals surface area contributed by atoms with Crippen LogP contribution in [0.4, 0.5) is 0 Å². The van der Waals surface area contributed by atoms with Crippen LogP contribution in [0, 0.1) is 0 Å². The highest BCUT2D eigenvalue weighted by Gasteiger charge is 2.40. The Morgan fingerprint density at radius 2 is 2.16 bits per heavy atom. The Kier molecular flexibility index (Phi) is 4.20. The van der Waals surface area contributed by atoms with Crippen LogP contribution < -0.4 is 0 Å². The van der Waals surface area contributed by atoms with Crippen molar-refractivity contribution in [3.8, 4) is 0 Å². The molecular weight excluding hydrogens is 358 g/mol. The summed E-state index contributed by atoms with van der Waals surface area (Å²) in [6, 6.07) is 3.40. The summed E-state index contributed by atoms with van der Waals surface area (Å²) in [5.74, 6) is -1.13. The summed E-state index contributed by atoms with van der Waals surface area (Å²) in [5, 5.41) is 9.36. The van der Waals surface area contributed by atoms with Crippen molar-refractivity contribution < 1.29 is 18.3 Å². The minimum Gasteiger partial charge on any atom is -0.480 e. The first-order valence-corrected chi connectivity index (χ1v) is 8.15. The van der Waals surface area contributed by atoms with Gasteiger partial charge in [-0.1, -0.05) is 11.6 Å². The van der Waals surface area contributed by atoms with Crippen molar-refractivity contribution in [2.75, 3.05) is 6.54 Å². The van der Waals surface area contributed by atoms with E-state index in [1.54, 1.807) is 6.07 Å². The molecule has 1 aliphatic rings. The third kappa shape index (κ3) is 2.79. The van der Waals surface area contributed by atoms with Gasteiger partial charge in [-0.25, -0.2) is 8.42 Å². The van der Waals surface area contributed by atoms with Crippen LogP contribution in [0.3, 0.4) is 0 Å². The molecule has 0 bridgehead atoms. The highest BCUT2D eigenvalue weighted by Crippen LogP contribution is 2.32. The number of hydrogen-bond acceptors (Lipinski definition) is 3. The number of sulfonamides is 1. The van der Waals surface area contributed by atoms with Crippen LogP contribution >= 0.6 is 27.5 Å². The number of aliphatic carboxylic acids is 1. The molecule has 0 spiro atoms. The van der Waals surface area contributed by atoms with E-state index in [9.17, 15) is 13.2 Å². The Labute approximate surface area is 124 Å². The van der Waals surface area contributed by atoms with E-state index in [1.807, 2.05) is 0 Å². The molecule has 1 aromatic rings. The zero-order chi connectivity index (χ0) is 14.2. The number of benzene rings is 1. The fraction of sp³-hybridized carbons (Fsp3) is 0.364. The van der Waals surface area contributed by atoms with Crippen molar-refractivity contribution in [3.63, 3.8) is 0 Å². The predicted octanol–water partition coefficient (Wildman–Crippen LogP) is 2.34. The van der Waals surface area contributed by atoms with E-state index >= 15 is 0 Å². The van der Waals surface area contributed by atoms with E-state index in [2.05, 4.69) is 15.9 Å². The fourth-order valence-corrected chi connectivity index (χ4v) is 4.92. The van der Waals surface area contributed by atoms with E-state index in [4.69, 9.17) is 16.7 Å². The first-order valence-electron chi connectivity index (χ1n) is 5.54. The largest absolute Gasteiger partial charge is 0.480 e. The minimum atomic E-state index is -3.86. The van der Waals surface area contributed by atoms with Gasteiger partial charge in [0.1, 0.15) is 6.04 Å². The Morgan fingerprint density at radius 1 is 1.47 bits per heavy atom. The van der Waals surface area contributed by atoms with Crippen molar-refractivity contribution in [2.24, 2.45) is 0 Å². The molecule has 1 unspecified atom stereocenters. The summed E-state index contributed by atoms with van der Waals surface area (Å²) in [6.45, 7) is 0.207. The van der Waals surface area contributed by atoms with Crippen molar-refractivity contribution in [3.05, 3.63) is 27.7 Å². The highest BCUT2D eigenvalue weighted by atomic mass is 79.9. The normalized spacial score (nSPS) is 20.6. The summed E-state index contributed by atoms with van der Waals surface area (Å²) in [5.41, 5.74) is 0. The zero-order valence-electron chi connectivity index (χ0n) is 9.71. The number of carboxylic acids is 1. The number of nitrogens with zero attached hydrogens (tertiary/aromatic N) is 1. The minimum absolute atomic E-state index is 0.00634. The second kappa shape index (κ2) is 5.40. The smallest absolute Gasteiger partial charge is 0.322 e. The lowest BCUT2D eigenvalue weighted by Gasteiger charge is -2.21. The average Bonchev–Trinajstić information content (AvgIpc) is 2.82. The van der Waals surface area contributed by atoms with E-state index in [0.29, 0.717) is 17.3 Å². The van der Waals surface area contributed by atoms with E-state index < -0.39 is 22.0 Å². The van der Waals surface area contributed by atoms with Gasteiger partial charge in [0, 0.05) is 16.0 Å². The number of halogens is 2. The van der Waals surface area contributed by atoms with E-state index in [1.165, 1.54) is 12.1 Å². The third-order valence-corrected chi connectivity index (χ3v) is 6.11. The lowest BCUT2D eigenvalue weighted by Crippen LogP contribution is -2.40. The monoisotopic (exact) mass is 367 g/mol. The van der Waals surface area contributed by atoms with Crippen LogP contribution in [0.25, 0.3) is 0 Å². The second-order valence-electron chi connectivity index (χ2n) is 4.19. The summed E-state index contributed by atoms with van der Waals surface area (Å²) >= 11 is 8.97. The molecule has 1 N–H and O–H groups in total. The van der Waals surface area contributed by atoms with Gasteiger partial charge < -0.3 is 5.11 Å². The Morgan fingerprint density at radius 3 is 2.79 bits per heavy atom. The van der Waals surface area contributed by atoms with Gasteiger partial charge in [-0.05, 0) is 47.0 Å². The van der Waals surface area contributed by atoms with Gasteiger partial charge in [0.2, 0.25) is 10.0 Å². The van der Waals surface area contributed by atoms with Gasteiger partial charge >= 0.3 is 5.97 Å². The van der Waals surface area contributed by atoms with Crippen LogP contribution in [-0.4, -0.2) is 36.4 Å². The van der Waals surface area contributed by atoms with Crippen LogP contribution in [0.15, 0.2) is 27.6 Å². The van der Waals surface area contributed by atoms with Crippen molar-refractivity contribution in [2.45, 2.75) is 23.8 Å². The van der Waals surface area contributed by atoms with Crippen molar-refractivity contribution in [1.29, 1.82) is 0 Å². The Hall–Kier alpha value is -0.630. The molecular formula is C11H11BrClNO4S. The fourth-order valence-electron chi connectivity index (χ4n) is 2.08. The molecule has 5 nitrogen and oxygen atoms in total. The molecule has 0 aromatic heterocycles. The molecule has 1 heterocycles. The molecule has 0 aliphatic carbocycles. The highest BCUT2D eigenvalue weighted by molar-refractivity contribution is 9.10. The molecule has 1 aliphatic heterocycles. The lowest BCUT2D eigenvalue weighted by molar-refractivity contribution is -0.140. The SMILES string of the molecule is O=C(O)C1CCCN1S(=O)(=O)c1cc(Cl)ccc1Br. The molecule has 1 atom stereocenters. The Bertz CT molecular complexity index is 619. The van der Waals surface area contributed by atoms with Gasteiger partial charge in [0.25, 0.3) is 0 Å². The van der Waals surface area contributed by atoms with Crippen molar-refractivity contribution in [1.82, 2.24) is 4.31 Å². The topological polar surface area (TPSA) is 74.7 Å². The molecule has 1 saturated heterocycles. The number of carboxylic acid groups (broad SMARTS) is 1. The molecule has 0 amide bonds. The van der Waals surface area contributed by atoms with Gasteiger partial charge in [-0.15, -0.1) is 0 Å². The molecule has 8 heteroatoms. The average molecular weight is 369 g/mol. The summed E-state index contributed by atoms with van der Waals surface area (Å²) in [4.78, 5) is 11.1. The number of carbonyl (C=O) groups is 1. The molecule has 1 fully saturated rings. The summed E-state index contributed by atoms with van der Waals surface area (Å²) in [6.07, 6.45) is 0.862. The number of rotatable bonds is 3. The van der Waals surface area contributed by atoms with Crippen LogP contribution in [0.5, 0.6) is 0 Å².